The average molecular weight is 258 g/mol. The average Bonchev–Trinajstić information content (AvgIpc) is 2.83. The summed E-state index contributed by atoms with van der Waals surface area (Å²) in [5.74, 6) is 2.74. The Balaban J connectivity index is 0.000000288. The molecule has 0 aliphatic heterocycles. The first-order valence-electron chi connectivity index (χ1n) is 5.90. The second kappa shape index (κ2) is 12.8. The Labute approximate surface area is 108 Å². The van der Waals surface area contributed by atoms with E-state index in [4.69, 9.17) is 0 Å². The number of unbranched alkanes of at least 4 members (excludes halogenated alkanes) is 2. The van der Waals surface area contributed by atoms with E-state index < -0.39 is 0 Å². The Morgan fingerprint density at radius 1 is 1.25 bits per heavy atom. The van der Waals surface area contributed by atoms with Crippen LogP contribution < -0.4 is 0 Å². The minimum absolute atomic E-state index is 0.769. The van der Waals surface area contributed by atoms with Crippen LogP contribution in [0, 0.1) is 0 Å². The summed E-state index contributed by atoms with van der Waals surface area (Å²) < 4.78 is 0. The van der Waals surface area contributed by atoms with Crippen molar-refractivity contribution in [2.75, 3.05) is 11.5 Å². The summed E-state index contributed by atoms with van der Waals surface area (Å²) in [6.45, 7) is 4.50. The molecule has 0 fully saturated rings. The molecule has 0 atom stereocenters. The van der Waals surface area contributed by atoms with Gasteiger partial charge >= 0.3 is 0 Å². The number of carbonyl (C=O) groups excluding carboxylic acids is 1. The molecule has 1 heterocycles. The van der Waals surface area contributed by atoms with Crippen molar-refractivity contribution >= 4 is 29.4 Å². The Morgan fingerprint density at radius 3 is 2.19 bits per heavy atom. The second-order valence-corrected chi connectivity index (χ2v) is 5.50. The fraction of sp³-hybridized carbons (Fsp3) is 0.615. The number of rotatable bonds is 7. The van der Waals surface area contributed by atoms with Gasteiger partial charge in [-0.1, -0.05) is 26.7 Å². The van der Waals surface area contributed by atoms with E-state index in [2.05, 4.69) is 25.6 Å². The van der Waals surface area contributed by atoms with E-state index in [1.54, 1.807) is 6.07 Å². The summed E-state index contributed by atoms with van der Waals surface area (Å²) in [6.07, 6.45) is 6.33. The Hall–Kier alpha value is -0.280. The van der Waals surface area contributed by atoms with Crippen LogP contribution in [0.5, 0.6) is 0 Å². The lowest BCUT2D eigenvalue weighted by Gasteiger charge is -1.96. The highest BCUT2D eigenvalue weighted by atomic mass is 32.2. The molecule has 0 saturated heterocycles. The predicted molar refractivity (Wildman–Crippen MR) is 76.8 cm³/mol. The molecule has 0 radical (unpaired) electrons. The smallest absolute Gasteiger partial charge is 0.150 e. The number of thioether (sulfide) groups is 1. The summed E-state index contributed by atoms with van der Waals surface area (Å²) in [5, 5.41) is 3.69. The van der Waals surface area contributed by atoms with Crippen LogP contribution in [0.2, 0.25) is 0 Å². The minimum atomic E-state index is 0.769. The molecule has 3 heteroatoms. The molecule has 92 valence electrons. The molecular weight excluding hydrogens is 236 g/mol. The molecule has 16 heavy (non-hydrogen) atoms. The molecule has 0 unspecified atom stereocenters. The van der Waals surface area contributed by atoms with Crippen molar-refractivity contribution in [3.05, 3.63) is 22.4 Å². The van der Waals surface area contributed by atoms with Gasteiger partial charge in [-0.15, -0.1) is 0 Å². The van der Waals surface area contributed by atoms with Crippen molar-refractivity contribution < 1.29 is 4.79 Å². The molecular formula is C13H22OS2. The van der Waals surface area contributed by atoms with E-state index in [1.807, 2.05) is 10.8 Å². The summed E-state index contributed by atoms with van der Waals surface area (Å²) in [5.41, 5.74) is 0.769. The van der Waals surface area contributed by atoms with Gasteiger partial charge in [0, 0.05) is 10.9 Å². The molecule has 0 bridgehead atoms. The molecule has 1 aromatic rings. The third-order valence-electron chi connectivity index (χ3n) is 1.96. The first-order chi connectivity index (χ1) is 7.85. The lowest BCUT2D eigenvalue weighted by atomic mass is 10.4. The van der Waals surface area contributed by atoms with E-state index in [-0.39, 0.29) is 0 Å². The van der Waals surface area contributed by atoms with Gasteiger partial charge in [0.1, 0.15) is 0 Å². The van der Waals surface area contributed by atoms with Crippen molar-refractivity contribution in [1.29, 1.82) is 0 Å². The van der Waals surface area contributed by atoms with Crippen LogP contribution in [0.4, 0.5) is 0 Å². The highest BCUT2D eigenvalue weighted by molar-refractivity contribution is 7.99. The molecule has 0 amide bonds. The molecule has 0 aliphatic carbocycles. The summed E-state index contributed by atoms with van der Waals surface area (Å²) >= 11 is 3.64. The number of thiophene rings is 1. The zero-order chi connectivity index (χ0) is 12.1. The maximum Gasteiger partial charge on any atom is 0.150 e. The van der Waals surface area contributed by atoms with E-state index in [0.29, 0.717) is 0 Å². The van der Waals surface area contributed by atoms with Crippen LogP contribution in [0.15, 0.2) is 16.8 Å². The van der Waals surface area contributed by atoms with Gasteiger partial charge in [-0.3, -0.25) is 4.79 Å². The van der Waals surface area contributed by atoms with Gasteiger partial charge in [-0.05, 0) is 35.8 Å². The summed E-state index contributed by atoms with van der Waals surface area (Å²) in [6, 6.07) is 1.79. The maximum atomic E-state index is 9.87. The topological polar surface area (TPSA) is 17.1 Å². The van der Waals surface area contributed by atoms with E-state index >= 15 is 0 Å². The van der Waals surface area contributed by atoms with Crippen molar-refractivity contribution in [2.24, 2.45) is 0 Å². The van der Waals surface area contributed by atoms with Crippen LogP contribution in [0.3, 0.4) is 0 Å². The zero-order valence-corrected chi connectivity index (χ0v) is 11.9. The summed E-state index contributed by atoms with van der Waals surface area (Å²) in [4.78, 5) is 9.87. The van der Waals surface area contributed by atoms with Crippen molar-refractivity contribution in [3.8, 4) is 0 Å². The van der Waals surface area contributed by atoms with Crippen LogP contribution in [0.1, 0.15) is 49.9 Å². The Bertz CT molecular complexity index is 226. The molecule has 0 saturated carbocycles. The standard InChI is InChI=1S/C8H18S.C5H4OS/c1-3-5-7-9-8-6-4-2;6-3-5-1-2-7-4-5/h3-8H2,1-2H3;1-4H. The highest BCUT2D eigenvalue weighted by Crippen LogP contribution is 2.06. The lowest BCUT2D eigenvalue weighted by molar-refractivity contribution is 0.112. The van der Waals surface area contributed by atoms with E-state index in [0.717, 1.165) is 11.8 Å². The van der Waals surface area contributed by atoms with Crippen LogP contribution in [-0.4, -0.2) is 17.8 Å². The third kappa shape index (κ3) is 10.2. The number of aldehydes is 1. The quantitative estimate of drug-likeness (QED) is 0.512. The molecule has 0 spiro atoms. The van der Waals surface area contributed by atoms with Crippen LogP contribution in [0.25, 0.3) is 0 Å². The molecule has 0 aliphatic rings. The lowest BCUT2D eigenvalue weighted by Crippen LogP contribution is -1.81. The minimum Gasteiger partial charge on any atom is -0.298 e. The van der Waals surface area contributed by atoms with Crippen molar-refractivity contribution in [1.82, 2.24) is 0 Å². The predicted octanol–water partition coefficient (Wildman–Crippen LogP) is 4.88. The zero-order valence-electron chi connectivity index (χ0n) is 10.3. The molecule has 0 aromatic carbocycles. The number of hydrogen-bond donors (Lipinski definition) is 0. The van der Waals surface area contributed by atoms with Gasteiger partial charge in [-0.2, -0.15) is 23.1 Å². The Kier molecular flexibility index (Phi) is 12.6. The van der Waals surface area contributed by atoms with Gasteiger partial charge in [0.15, 0.2) is 6.29 Å². The first kappa shape index (κ1) is 15.7. The second-order valence-electron chi connectivity index (χ2n) is 3.49. The van der Waals surface area contributed by atoms with Gasteiger partial charge in [0.05, 0.1) is 0 Å². The molecule has 1 rings (SSSR count). The van der Waals surface area contributed by atoms with E-state index in [9.17, 15) is 4.79 Å². The molecule has 0 N–H and O–H groups in total. The molecule has 1 aromatic heterocycles. The Morgan fingerprint density at radius 2 is 1.88 bits per heavy atom. The molecule has 1 nitrogen and oxygen atoms in total. The largest absolute Gasteiger partial charge is 0.298 e. The number of carbonyl (C=O) groups is 1. The third-order valence-corrected chi connectivity index (χ3v) is 3.82. The van der Waals surface area contributed by atoms with Crippen molar-refractivity contribution in [3.63, 3.8) is 0 Å². The van der Waals surface area contributed by atoms with E-state index in [1.165, 1.54) is 48.5 Å². The maximum absolute atomic E-state index is 9.87. The first-order valence-corrected chi connectivity index (χ1v) is 8.00. The van der Waals surface area contributed by atoms with Gasteiger partial charge in [0.2, 0.25) is 0 Å². The summed E-state index contributed by atoms with van der Waals surface area (Å²) in [7, 11) is 0. The van der Waals surface area contributed by atoms with Gasteiger partial charge in [0.25, 0.3) is 0 Å². The fourth-order valence-corrected chi connectivity index (χ4v) is 2.73. The van der Waals surface area contributed by atoms with Gasteiger partial charge in [-0.25, -0.2) is 0 Å². The highest BCUT2D eigenvalue weighted by Gasteiger charge is 1.85. The SMILES string of the molecule is CCCCSCCCC.O=Cc1ccsc1. The normalized spacial score (nSPS) is 9.38. The fourth-order valence-electron chi connectivity index (χ4n) is 0.937. The van der Waals surface area contributed by atoms with Gasteiger partial charge < -0.3 is 0 Å². The number of hydrogen-bond acceptors (Lipinski definition) is 3. The monoisotopic (exact) mass is 258 g/mol. The van der Waals surface area contributed by atoms with Crippen LogP contribution >= 0.6 is 23.1 Å². The van der Waals surface area contributed by atoms with Crippen LogP contribution in [-0.2, 0) is 0 Å². The van der Waals surface area contributed by atoms with Crippen molar-refractivity contribution in [2.45, 2.75) is 39.5 Å².